The highest BCUT2D eigenvalue weighted by Gasteiger charge is 2.22. The normalized spacial score (nSPS) is 15.0. The summed E-state index contributed by atoms with van der Waals surface area (Å²) in [6.45, 7) is 4.22. The zero-order chi connectivity index (χ0) is 18.7. The van der Waals surface area contributed by atoms with Gasteiger partial charge in [0, 0.05) is 23.7 Å². The molecular weight excluding hydrogens is 354 g/mol. The molecule has 0 aromatic heterocycles. The predicted octanol–water partition coefficient (Wildman–Crippen LogP) is 4.15. The van der Waals surface area contributed by atoms with E-state index >= 15 is 0 Å². The maximum absolute atomic E-state index is 12.3. The van der Waals surface area contributed by atoms with Crippen molar-refractivity contribution in [3.05, 3.63) is 53.1 Å². The van der Waals surface area contributed by atoms with E-state index in [0.717, 1.165) is 24.2 Å². The van der Waals surface area contributed by atoms with Crippen molar-refractivity contribution in [3.63, 3.8) is 0 Å². The summed E-state index contributed by atoms with van der Waals surface area (Å²) in [6, 6.07) is 12.1. The number of aryl methyl sites for hydroxylation is 1. The van der Waals surface area contributed by atoms with E-state index in [9.17, 15) is 9.59 Å². The minimum absolute atomic E-state index is 0.120. The van der Waals surface area contributed by atoms with Crippen molar-refractivity contribution in [2.24, 2.45) is 0 Å². The fourth-order valence-electron chi connectivity index (χ4n) is 2.80. The highest BCUT2D eigenvalue weighted by molar-refractivity contribution is 6.30. The van der Waals surface area contributed by atoms with Crippen molar-refractivity contribution in [1.82, 2.24) is 0 Å². The molecular formula is C20H20ClNO4. The van der Waals surface area contributed by atoms with Gasteiger partial charge in [-0.1, -0.05) is 11.6 Å². The lowest BCUT2D eigenvalue weighted by molar-refractivity contribution is -0.141. The van der Waals surface area contributed by atoms with E-state index in [1.807, 2.05) is 6.92 Å². The molecule has 1 unspecified atom stereocenters. The van der Waals surface area contributed by atoms with E-state index in [-0.39, 0.29) is 5.91 Å². The first-order valence-electron chi connectivity index (χ1n) is 8.49. The van der Waals surface area contributed by atoms with E-state index in [4.69, 9.17) is 21.1 Å². The molecule has 0 aliphatic carbocycles. The number of halogens is 1. The van der Waals surface area contributed by atoms with Crippen molar-refractivity contribution in [2.45, 2.75) is 32.8 Å². The third-order valence-corrected chi connectivity index (χ3v) is 4.45. The highest BCUT2D eigenvalue weighted by Crippen LogP contribution is 2.25. The molecule has 2 aromatic carbocycles. The first-order chi connectivity index (χ1) is 12.4. The van der Waals surface area contributed by atoms with E-state index in [2.05, 4.69) is 0 Å². The van der Waals surface area contributed by atoms with Gasteiger partial charge in [0.15, 0.2) is 6.10 Å². The summed E-state index contributed by atoms with van der Waals surface area (Å²) in [4.78, 5) is 25.8. The van der Waals surface area contributed by atoms with Gasteiger partial charge in [0.05, 0.1) is 0 Å². The molecule has 5 nitrogen and oxygen atoms in total. The molecule has 6 heteroatoms. The molecule has 1 fully saturated rings. The molecule has 0 radical (unpaired) electrons. The SMILES string of the molecule is Cc1cc(Cl)ccc1OC(C)C(=O)Oc1ccc(N2CCCC2=O)cc1. The minimum atomic E-state index is -0.769. The zero-order valence-electron chi connectivity index (χ0n) is 14.7. The number of benzene rings is 2. The number of hydrogen-bond donors (Lipinski definition) is 0. The molecule has 0 N–H and O–H groups in total. The van der Waals surface area contributed by atoms with Crippen molar-refractivity contribution < 1.29 is 19.1 Å². The van der Waals surface area contributed by atoms with Crippen LogP contribution in [0.3, 0.4) is 0 Å². The summed E-state index contributed by atoms with van der Waals surface area (Å²) in [7, 11) is 0. The standard InChI is InChI=1S/C20H20ClNO4/c1-13-12-15(21)5-10-18(13)25-14(2)20(24)26-17-8-6-16(7-9-17)22-11-3-4-19(22)23/h5-10,12,14H,3-4,11H2,1-2H3. The Hall–Kier alpha value is -2.53. The minimum Gasteiger partial charge on any atom is -0.479 e. The lowest BCUT2D eigenvalue weighted by Crippen LogP contribution is -2.28. The Kier molecular flexibility index (Phi) is 5.47. The first kappa shape index (κ1) is 18.3. The number of carbonyl (C=O) groups is 2. The third kappa shape index (κ3) is 4.17. The van der Waals surface area contributed by atoms with Crippen LogP contribution in [0.25, 0.3) is 0 Å². The van der Waals surface area contributed by atoms with Gasteiger partial charge in [-0.3, -0.25) is 4.79 Å². The molecule has 1 aliphatic heterocycles. The number of nitrogens with zero attached hydrogens (tertiary/aromatic N) is 1. The van der Waals surface area contributed by atoms with Gasteiger partial charge in [0.1, 0.15) is 11.5 Å². The molecule has 2 aromatic rings. The summed E-state index contributed by atoms with van der Waals surface area (Å²) in [5.74, 6) is 0.620. The molecule has 1 atom stereocenters. The van der Waals surface area contributed by atoms with Gasteiger partial charge in [-0.25, -0.2) is 4.79 Å². The zero-order valence-corrected chi connectivity index (χ0v) is 15.5. The molecule has 136 valence electrons. The average molecular weight is 374 g/mol. The maximum Gasteiger partial charge on any atom is 0.352 e. The van der Waals surface area contributed by atoms with Gasteiger partial charge in [-0.05, 0) is 68.3 Å². The van der Waals surface area contributed by atoms with Crippen LogP contribution in [-0.2, 0) is 9.59 Å². The molecule has 1 aliphatic rings. The summed E-state index contributed by atoms with van der Waals surface area (Å²) in [5.41, 5.74) is 1.66. The Bertz CT molecular complexity index is 819. The van der Waals surface area contributed by atoms with E-state index in [1.54, 1.807) is 54.3 Å². The van der Waals surface area contributed by atoms with Crippen LogP contribution in [0, 0.1) is 6.92 Å². The number of carbonyl (C=O) groups excluding carboxylic acids is 2. The lowest BCUT2D eigenvalue weighted by Gasteiger charge is -2.17. The number of amides is 1. The highest BCUT2D eigenvalue weighted by atomic mass is 35.5. The van der Waals surface area contributed by atoms with E-state index < -0.39 is 12.1 Å². The molecule has 1 heterocycles. The largest absolute Gasteiger partial charge is 0.479 e. The summed E-state index contributed by atoms with van der Waals surface area (Å²) < 4.78 is 11.0. The van der Waals surface area contributed by atoms with Crippen LogP contribution in [0.4, 0.5) is 5.69 Å². The van der Waals surface area contributed by atoms with Crippen molar-refractivity contribution >= 4 is 29.2 Å². The molecule has 0 spiro atoms. The number of ether oxygens (including phenoxy) is 2. The van der Waals surface area contributed by atoms with Crippen LogP contribution < -0.4 is 14.4 Å². The maximum atomic E-state index is 12.3. The van der Waals surface area contributed by atoms with Crippen molar-refractivity contribution in [3.8, 4) is 11.5 Å². The van der Waals surface area contributed by atoms with Gasteiger partial charge in [0.2, 0.25) is 5.91 Å². The first-order valence-corrected chi connectivity index (χ1v) is 8.87. The molecule has 0 saturated carbocycles. The Morgan fingerprint density at radius 3 is 2.54 bits per heavy atom. The molecule has 0 bridgehead atoms. The Morgan fingerprint density at radius 1 is 1.19 bits per heavy atom. The van der Waals surface area contributed by atoms with Gasteiger partial charge >= 0.3 is 5.97 Å². The fraction of sp³-hybridized carbons (Fsp3) is 0.300. The van der Waals surface area contributed by atoms with E-state index in [0.29, 0.717) is 22.9 Å². The average Bonchev–Trinajstić information content (AvgIpc) is 3.04. The van der Waals surface area contributed by atoms with E-state index in [1.165, 1.54) is 0 Å². The van der Waals surface area contributed by atoms with Crippen LogP contribution in [0.1, 0.15) is 25.3 Å². The van der Waals surface area contributed by atoms with Gasteiger partial charge < -0.3 is 14.4 Å². The van der Waals surface area contributed by atoms with Crippen LogP contribution in [-0.4, -0.2) is 24.5 Å². The topological polar surface area (TPSA) is 55.8 Å². The van der Waals surface area contributed by atoms with Crippen LogP contribution >= 0.6 is 11.6 Å². The Morgan fingerprint density at radius 2 is 1.92 bits per heavy atom. The quantitative estimate of drug-likeness (QED) is 0.583. The number of esters is 1. The Balaban J connectivity index is 1.61. The lowest BCUT2D eigenvalue weighted by atomic mass is 10.2. The number of rotatable bonds is 5. The second-order valence-corrected chi connectivity index (χ2v) is 6.67. The van der Waals surface area contributed by atoms with Gasteiger partial charge in [-0.2, -0.15) is 0 Å². The van der Waals surface area contributed by atoms with Crippen molar-refractivity contribution in [2.75, 3.05) is 11.4 Å². The monoisotopic (exact) mass is 373 g/mol. The van der Waals surface area contributed by atoms with Crippen molar-refractivity contribution in [1.29, 1.82) is 0 Å². The molecule has 26 heavy (non-hydrogen) atoms. The number of anilines is 1. The Labute approximate surface area is 157 Å². The van der Waals surface area contributed by atoms with Gasteiger partial charge in [-0.15, -0.1) is 0 Å². The smallest absolute Gasteiger partial charge is 0.352 e. The van der Waals surface area contributed by atoms with Crippen LogP contribution in [0.15, 0.2) is 42.5 Å². The number of hydrogen-bond acceptors (Lipinski definition) is 4. The van der Waals surface area contributed by atoms with Gasteiger partial charge in [0.25, 0.3) is 0 Å². The molecule has 1 saturated heterocycles. The fourth-order valence-corrected chi connectivity index (χ4v) is 3.02. The molecule has 3 rings (SSSR count). The van der Waals surface area contributed by atoms with Crippen LogP contribution in [0.2, 0.25) is 5.02 Å². The second kappa shape index (κ2) is 7.79. The summed E-state index contributed by atoms with van der Waals surface area (Å²) >= 11 is 5.92. The summed E-state index contributed by atoms with van der Waals surface area (Å²) in [5, 5.41) is 0.613. The summed E-state index contributed by atoms with van der Waals surface area (Å²) in [6.07, 6.45) is 0.680. The molecule has 1 amide bonds. The second-order valence-electron chi connectivity index (χ2n) is 6.23. The predicted molar refractivity (Wildman–Crippen MR) is 99.9 cm³/mol. The third-order valence-electron chi connectivity index (χ3n) is 4.21. The van der Waals surface area contributed by atoms with Crippen LogP contribution in [0.5, 0.6) is 11.5 Å².